The quantitative estimate of drug-likeness (QED) is 0.0578. The van der Waals surface area contributed by atoms with Crippen LogP contribution >= 0.6 is 0 Å². The average Bonchev–Trinajstić information content (AvgIpc) is 3.02. The van der Waals surface area contributed by atoms with Gasteiger partial charge in [-0.1, -0.05) is 139 Å². The molecule has 252 valence electrons. The van der Waals surface area contributed by atoms with Crippen LogP contribution < -0.4 is 0 Å². The van der Waals surface area contributed by atoms with Gasteiger partial charge in [0.1, 0.15) is 20.2 Å². The van der Waals surface area contributed by atoms with E-state index in [2.05, 4.69) is 13.8 Å². The molecule has 4 aromatic rings. The zero-order chi connectivity index (χ0) is 33.4. The van der Waals surface area contributed by atoms with Crippen molar-refractivity contribution in [3.8, 4) is 0 Å². The van der Waals surface area contributed by atoms with Crippen LogP contribution in [-0.4, -0.2) is 63.7 Å². The van der Waals surface area contributed by atoms with Crippen molar-refractivity contribution in [2.45, 2.75) is 126 Å². The summed E-state index contributed by atoms with van der Waals surface area (Å²) >= 11 is 0. The third-order valence-electron chi connectivity index (χ3n) is 8.50. The Morgan fingerprint density at radius 3 is 1.02 bits per heavy atom. The van der Waals surface area contributed by atoms with Gasteiger partial charge in [-0.15, -0.1) is 0 Å². The molecule has 0 atom stereocenters. The predicted octanol–water partition coefficient (Wildman–Crippen LogP) is 9.69. The molecule has 4 aromatic carbocycles. The Balaban J connectivity index is 0.000000320. The molecule has 0 aliphatic heterocycles. The van der Waals surface area contributed by atoms with Gasteiger partial charge in [-0.05, 0) is 82.6 Å². The third-order valence-corrected chi connectivity index (χ3v) is 10.3. The van der Waals surface area contributed by atoms with E-state index in [9.17, 15) is 25.9 Å². The molecule has 0 fully saturated rings. The summed E-state index contributed by atoms with van der Waals surface area (Å²) in [5.74, 6) is 0. The standard InChI is InChI=1S/2C19H26O3S.Ca/c2*1-2-3-4-5-6-7-8-13-18-14-16-11-9-10-12-17(16)15-19(18)23(20,21)22;/h2*9-12,14-15H,2-8,13H2,1H3,(H,20,21,22);/q;;+2/p-2. The van der Waals surface area contributed by atoms with Crippen molar-refractivity contribution in [1.29, 1.82) is 0 Å². The largest absolute Gasteiger partial charge is 2.00 e. The topological polar surface area (TPSA) is 114 Å². The fourth-order valence-corrected chi connectivity index (χ4v) is 7.44. The van der Waals surface area contributed by atoms with Gasteiger partial charge in [0.2, 0.25) is 0 Å². The minimum atomic E-state index is -4.43. The van der Waals surface area contributed by atoms with Crippen LogP contribution in [0.3, 0.4) is 0 Å². The molecule has 9 heteroatoms. The smallest absolute Gasteiger partial charge is 0.744 e. The Labute approximate surface area is 313 Å². The van der Waals surface area contributed by atoms with Crippen molar-refractivity contribution in [3.63, 3.8) is 0 Å². The predicted molar refractivity (Wildman–Crippen MR) is 193 cm³/mol. The summed E-state index contributed by atoms with van der Waals surface area (Å²) in [7, 11) is -8.86. The second-order valence-electron chi connectivity index (χ2n) is 12.3. The van der Waals surface area contributed by atoms with Gasteiger partial charge in [-0.3, -0.25) is 0 Å². The minimum absolute atomic E-state index is 0. The van der Waals surface area contributed by atoms with Gasteiger partial charge in [0.05, 0.1) is 9.79 Å². The maximum absolute atomic E-state index is 11.5. The van der Waals surface area contributed by atoms with Gasteiger partial charge in [0.15, 0.2) is 0 Å². The summed E-state index contributed by atoms with van der Waals surface area (Å²) in [5, 5.41) is 3.56. The van der Waals surface area contributed by atoms with Crippen LogP contribution in [0.25, 0.3) is 21.5 Å². The first-order chi connectivity index (χ1) is 22.0. The number of unbranched alkanes of at least 4 members (excludes halogenated alkanes) is 12. The van der Waals surface area contributed by atoms with E-state index < -0.39 is 20.2 Å². The molecular formula is C38H50CaO6S2. The zero-order valence-corrected chi connectivity index (χ0v) is 32.1. The molecule has 6 nitrogen and oxygen atoms in total. The molecule has 0 spiro atoms. The van der Waals surface area contributed by atoms with E-state index in [1.165, 1.54) is 76.3 Å². The first-order valence-corrected chi connectivity index (χ1v) is 19.8. The van der Waals surface area contributed by atoms with Crippen molar-refractivity contribution in [3.05, 3.63) is 83.9 Å². The number of benzene rings is 4. The first-order valence-electron chi connectivity index (χ1n) is 17.0. The average molecular weight is 707 g/mol. The molecule has 0 N–H and O–H groups in total. The fourth-order valence-electron chi connectivity index (χ4n) is 5.93. The van der Waals surface area contributed by atoms with E-state index >= 15 is 0 Å². The van der Waals surface area contributed by atoms with Crippen LogP contribution in [0.15, 0.2) is 82.6 Å². The maximum atomic E-state index is 11.5. The maximum Gasteiger partial charge on any atom is 2.00 e. The number of fused-ring (bicyclic) bond motifs is 2. The Bertz CT molecular complexity index is 1610. The minimum Gasteiger partial charge on any atom is -0.744 e. The number of rotatable bonds is 18. The summed E-state index contributed by atoms with van der Waals surface area (Å²) < 4.78 is 69.3. The van der Waals surface area contributed by atoms with Crippen molar-refractivity contribution >= 4 is 79.5 Å². The number of aryl methyl sites for hydroxylation is 2. The molecule has 0 aliphatic carbocycles. The van der Waals surface area contributed by atoms with Crippen molar-refractivity contribution in [1.82, 2.24) is 0 Å². The molecule has 4 rings (SSSR count). The van der Waals surface area contributed by atoms with Gasteiger partial charge in [-0.2, -0.15) is 0 Å². The number of hydrogen-bond donors (Lipinski definition) is 0. The van der Waals surface area contributed by atoms with Gasteiger partial charge < -0.3 is 9.11 Å². The van der Waals surface area contributed by atoms with Gasteiger partial charge >= 0.3 is 37.7 Å². The molecule has 0 heterocycles. The van der Waals surface area contributed by atoms with Gasteiger partial charge in [0, 0.05) is 0 Å². The Hall–Kier alpha value is -1.52. The van der Waals surface area contributed by atoms with E-state index in [1.807, 2.05) is 60.7 Å². The third kappa shape index (κ3) is 14.5. The molecular weight excluding hydrogens is 657 g/mol. The number of hydrogen-bond acceptors (Lipinski definition) is 6. The molecule has 0 saturated carbocycles. The van der Waals surface area contributed by atoms with Crippen molar-refractivity contribution < 1.29 is 25.9 Å². The molecule has 47 heavy (non-hydrogen) atoms. The Kier molecular flexibility index (Phi) is 19.1. The second-order valence-corrected chi connectivity index (χ2v) is 15.0. The molecule has 0 bridgehead atoms. The molecule has 0 amide bonds. The molecule has 0 radical (unpaired) electrons. The van der Waals surface area contributed by atoms with E-state index in [0.717, 1.165) is 47.2 Å². The van der Waals surface area contributed by atoms with Gasteiger partial charge in [0.25, 0.3) is 0 Å². The first kappa shape index (κ1) is 41.7. The van der Waals surface area contributed by atoms with Crippen molar-refractivity contribution in [2.75, 3.05) is 0 Å². The molecule has 0 aromatic heterocycles. The van der Waals surface area contributed by atoms with E-state index in [4.69, 9.17) is 0 Å². The summed E-state index contributed by atoms with van der Waals surface area (Å²) in [6, 6.07) is 21.9. The summed E-state index contributed by atoms with van der Waals surface area (Å²) in [5.41, 5.74) is 1.32. The molecule has 0 unspecified atom stereocenters. The zero-order valence-electron chi connectivity index (χ0n) is 28.2. The molecule has 0 saturated heterocycles. The van der Waals surface area contributed by atoms with Crippen LogP contribution in [0.1, 0.15) is 115 Å². The summed E-state index contributed by atoms with van der Waals surface area (Å²) in [4.78, 5) is -0.107. The van der Waals surface area contributed by atoms with Gasteiger partial charge in [-0.25, -0.2) is 16.8 Å². The van der Waals surface area contributed by atoms with Crippen molar-refractivity contribution in [2.24, 2.45) is 0 Å². The second kappa shape index (κ2) is 21.5. The Morgan fingerprint density at radius 2 is 0.723 bits per heavy atom. The van der Waals surface area contributed by atoms with Crippen LogP contribution in [0.5, 0.6) is 0 Å². The summed E-state index contributed by atoms with van der Waals surface area (Å²) in [6.45, 7) is 4.40. The van der Waals surface area contributed by atoms with Crippen LogP contribution in [-0.2, 0) is 33.1 Å². The summed E-state index contributed by atoms with van der Waals surface area (Å²) in [6.07, 6.45) is 17.7. The van der Waals surface area contributed by atoms with E-state index in [0.29, 0.717) is 24.0 Å². The van der Waals surface area contributed by atoms with Crippen LogP contribution in [0.4, 0.5) is 0 Å². The SMILES string of the molecule is CCCCCCCCCc1cc2ccccc2cc1S(=O)(=O)[O-].CCCCCCCCCc1cc2ccccc2cc1S(=O)(=O)[O-].[Ca+2]. The fraction of sp³-hybridized carbons (Fsp3) is 0.474. The van der Waals surface area contributed by atoms with Crippen LogP contribution in [0.2, 0.25) is 0 Å². The monoisotopic (exact) mass is 706 g/mol. The molecule has 0 aliphatic rings. The van der Waals surface area contributed by atoms with E-state index in [-0.39, 0.29) is 47.5 Å². The van der Waals surface area contributed by atoms with E-state index in [1.54, 1.807) is 0 Å². The van der Waals surface area contributed by atoms with Crippen LogP contribution in [0, 0.1) is 0 Å². The normalized spacial score (nSPS) is 11.7. The Morgan fingerprint density at radius 1 is 0.447 bits per heavy atom.